The zero-order chi connectivity index (χ0) is 14.4. The summed E-state index contributed by atoms with van der Waals surface area (Å²) >= 11 is 0. The minimum Gasteiger partial charge on any atom is -0.330 e. The van der Waals surface area contributed by atoms with Gasteiger partial charge in [0.05, 0.1) is 11.6 Å². The van der Waals surface area contributed by atoms with Gasteiger partial charge in [-0.05, 0) is 24.5 Å². The summed E-state index contributed by atoms with van der Waals surface area (Å²) in [7, 11) is 0. The Morgan fingerprint density at radius 2 is 2.21 bits per heavy atom. The number of anilines is 1. The lowest BCUT2D eigenvalue weighted by Gasteiger charge is -2.17. The summed E-state index contributed by atoms with van der Waals surface area (Å²) in [5.41, 5.74) is 5.61. The van der Waals surface area contributed by atoms with E-state index in [-0.39, 0.29) is 29.6 Å². The van der Waals surface area contributed by atoms with Crippen molar-refractivity contribution in [2.45, 2.75) is 20.3 Å². The Balaban J connectivity index is 2.88. The average Bonchev–Trinajstić information content (AvgIpc) is 2.35. The Hall–Kier alpha value is -1.93. The molecule has 1 atom stereocenters. The molecule has 0 aromatic heterocycles. The molecule has 0 aliphatic heterocycles. The standard InChI is InChI=1S/C14H18FN3O/c1-9(2)6-10(7-16)14(19)18-13-5-3-4-12(15)11(13)8-17/h3-5,9-10H,6-7,16H2,1-2H3,(H,18,19). The Morgan fingerprint density at radius 3 is 2.74 bits per heavy atom. The van der Waals surface area contributed by atoms with Gasteiger partial charge in [-0.25, -0.2) is 4.39 Å². The van der Waals surface area contributed by atoms with E-state index in [4.69, 9.17) is 11.0 Å². The number of carbonyl (C=O) groups excluding carboxylic acids is 1. The number of benzene rings is 1. The molecule has 1 aromatic carbocycles. The van der Waals surface area contributed by atoms with Gasteiger partial charge in [-0.2, -0.15) is 5.26 Å². The van der Waals surface area contributed by atoms with Crippen LogP contribution in [0.2, 0.25) is 0 Å². The van der Waals surface area contributed by atoms with Gasteiger partial charge in [0.2, 0.25) is 5.91 Å². The van der Waals surface area contributed by atoms with Crippen LogP contribution in [0, 0.1) is 29.0 Å². The van der Waals surface area contributed by atoms with E-state index in [0.29, 0.717) is 12.3 Å². The first-order valence-corrected chi connectivity index (χ1v) is 6.19. The summed E-state index contributed by atoms with van der Waals surface area (Å²) in [5, 5.41) is 11.5. The molecule has 5 heteroatoms. The molecule has 19 heavy (non-hydrogen) atoms. The number of nitriles is 1. The lowest BCUT2D eigenvalue weighted by molar-refractivity contribution is -0.120. The van der Waals surface area contributed by atoms with Gasteiger partial charge in [0, 0.05) is 6.54 Å². The Kier molecular flexibility index (Phi) is 5.46. The van der Waals surface area contributed by atoms with Crippen LogP contribution in [0.15, 0.2) is 18.2 Å². The van der Waals surface area contributed by atoms with E-state index < -0.39 is 5.82 Å². The van der Waals surface area contributed by atoms with Crippen LogP contribution in [-0.2, 0) is 4.79 Å². The highest BCUT2D eigenvalue weighted by Crippen LogP contribution is 2.20. The maximum Gasteiger partial charge on any atom is 0.228 e. The molecule has 1 unspecified atom stereocenters. The number of carbonyl (C=O) groups is 1. The van der Waals surface area contributed by atoms with Crippen LogP contribution in [0.3, 0.4) is 0 Å². The number of halogens is 1. The molecular formula is C14H18FN3O. The SMILES string of the molecule is CC(C)CC(CN)C(=O)Nc1cccc(F)c1C#N. The summed E-state index contributed by atoms with van der Waals surface area (Å²) in [6, 6.07) is 5.88. The second-order valence-electron chi connectivity index (χ2n) is 4.83. The molecule has 0 saturated heterocycles. The van der Waals surface area contributed by atoms with Crippen molar-refractivity contribution in [1.29, 1.82) is 5.26 Å². The van der Waals surface area contributed by atoms with Crippen molar-refractivity contribution in [3.63, 3.8) is 0 Å². The van der Waals surface area contributed by atoms with Gasteiger partial charge >= 0.3 is 0 Å². The van der Waals surface area contributed by atoms with Crippen molar-refractivity contribution in [3.05, 3.63) is 29.6 Å². The Morgan fingerprint density at radius 1 is 1.53 bits per heavy atom. The molecule has 1 rings (SSSR count). The minimum atomic E-state index is -0.645. The predicted molar refractivity (Wildman–Crippen MR) is 71.7 cm³/mol. The summed E-state index contributed by atoms with van der Waals surface area (Å²) in [4.78, 5) is 12.0. The molecule has 3 N–H and O–H groups in total. The first kappa shape index (κ1) is 15.1. The maximum absolute atomic E-state index is 13.4. The van der Waals surface area contributed by atoms with Crippen LogP contribution >= 0.6 is 0 Å². The van der Waals surface area contributed by atoms with E-state index >= 15 is 0 Å². The number of rotatable bonds is 5. The molecule has 0 spiro atoms. The minimum absolute atomic E-state index is 0.156. The van der Waals surface area contributed by atoms with E-state index in [1.54, 1.807) is 6.07 Å². The van der Waals surface area contributed by atoms with Gasteiger partial charge in [-0.3, -0.25) is 4.79 Å². The van der Waals surface area contributed by atoms with Crippen LogP contribution in [0.5, 0.6) is 0 Å². The number of nitrogens with one attached hydrogen (secondary N) is 1. The van der Waals surface area contributed by atoms with Gasteiger partial charge in [0.25, 0.3) is 0 Å². The van der Waals surface area contributed by atoms with E-state index in [1.165, 1.54) is 18.2 Å². The molecule has 102 valence electrons. The fourth-order valence-corrected chi connectivity index (χ4v) is 1.86. The first-order valence-electron chi connectivity index (χ1n) is 6.19. The second-order valence-corrected chi connectivity index (χ2v) is 4.83. The summed E-state index contributed by atoms with van der Waals surface area (Å²) < 4.78 is 13.4. The Bertz CT molecular complexity index is 494. The average molecular weight is 263 g/mol. The summed E-state index contributed by atoms with van der Waals surface area (Å²) in [6.45, 7) is 4.22. The predicted octanol–water partition coefficient (Wildman–Crippen LogP) is 2.26. The maximum atomic E-state index is 13.4. The first-order chi connectivity index (χ1) is 8.99. The molecule has 0 aliphatic carbocycles. The van der Waals surface area contributed by atoms with Crippen molar-refractivity contribution in [1.82, 2.24) is 0 Å². The zero-order valence-corrected chi connectivity index (χ0v) is 11.1. The number of nitrogens with two attached hydrogens (primary N) is 1. The normalized spacial score (nSPS) is 12.0. The molecule has 0 heterocycles. The molecule has 0 bridgehead atoms. The second kappa shape index (κ2) is 6.86. The zero-order valence-electron chi connectivity index (χ0n) is 11.1. The van der Waals surface area contributed by atoms with Crippen molar-refractivity contribution in [3.8, 4) is 6.07 Å². The Labute approximate surface area is 112 Å². The van der Waals surface area contributed by atoms with Gasteiger partial charge in [-0.15, -0.1) is 0 Å². The van der Waals surface area contributed by atoms with Crippen molar-refractivity contribution < 1.29 is 9.18 Å². The lowest BCUT2D eigenvalue weighted by Crippen LogP contribution is -2.30. The third-order valence-electron chi connectivity index (χ3n) is 2.79. The van der Waals surface area contributed by atoms with Crippen LogP contribution in [-0.4, -0.2) is 12.5 Å². The van der Waals surface area contributed by atoms with Crippen LogP contribution in [0.4, 0.5) is 10.1 Å². The van der Waals surface area contributed by atoms with Crippen LogP contribution < -0.4 is 11.1 Å². The summed E-state index contributed by atoms with van der Waals surface area (Å²) in [6.07, 6.45) is 0.652. The van der Waals surface area contributed by atoms with E-state index in [1.807, 2.05) is 13.8 Å². The number of nitrogens with zero attached hydrogens (tertiary/aromatic N) is 1. The third-order valence-corrected chi connectivity index (χ3v) is 2.79. The topological polar surface area (TPSA) is 78.9 Å². The van der Waals surface area contributed by atoms with E-state index in [9.17, 15) is 9.18 Å². The lowest BCUT2D eigenvalue weighted by atomic mass is 9.96. The van der Waals surface area contributed by atoms with E-state index in [0.717, 1.165) is 0 Å². The van der Waals surface area contributed by atoms with Gasteiger partial charge in [0.1, 0.15) is 17.4 Å². The van der Waals surface area contributed by atoms with Crippen molar-refractivity contribution in [2.24, 2.45) is 17.6 Å². The molecule has 0 saturated carbocycles. The molecule has 4 nitrogen and oxygen atoms in total. The monoisotopic (exact) mass is 263 g/mol. The quantitative estimate of drug-likeness (QED) is 0.855. The molecule has 0 fully saturated rings. The fourth-order valence-electron chi connectivity index (χ4n) is 1.86. The largest absolute Gasteiger partial charge is 0.330 e. The highest BCUT2D eigenvalue weighted by molar-refractivity contribution is 5.94. The molecule has 1 amide bonds. The van der Waals surface area contributed by atoms with Crippen molar-refractivity contribution >= 4 is 11.6 Å². The van der Waals surface area contributed by atoms with Crippen LogP contribution in [0.1, 0.15) is 25.8 Å². The van der Waals surface area contributed by atoms with E-state index in [2.05, 4.69) is 5.32 Å². The number of amides is 1. The summed E-state index contributed by atoms with van der Waals surface area (Å²) in [5.74, 6) is -0.927. The fraction of sp³-hybridized carbons (Fsp3) is 0.429. The third kappa shape index (κ3) is 4.04. The molecule has 0 aliphatic rings. The molecule has 0 radical (unpaired) electrons. The van der Waals surface area contributed by atoms with Crippen molar-refractivity contribution in [2.75, 3.05) is 11.9 Å². The van der Waals surface area contributed by atoms with Gasteiger partial charge in [0.15, 0.2) is 0 Å². The highest BCUT2D eigenvalue weighted by atomic mass is 19.1. The van der Waals surface area contributed by atoms with Gasteiger partial charge < -0.3 is 11.1 Å². The molecule has 1 aromatic rings. The smallest absolute Gasteiger partial charge is 0.228 e. The van der Waals surface area contributed by atoms with Crippen LogP contribution in [0.25, 0.3) is 0 Å². The molecular weight excluding hydrogens is 245 g/mol. The van der Waals surface area contributed by atoms with Gasteiger partial charge in [-0.1, -0.05) is 19.9 Å². The highest BCUT2D eigenvalue weighted by Gasteiger charge is 2.20. The number of hydrogen-bond acceptors (Lipinski definition) is 3. The number of hydrogen-bond donors (Lipinski definition) is 2.